The van der Waals surface area contributed by atoms with E-state index < -0.39 is 5.41 Å². The molecule has 154 valence electrons. The summed E-state index contributed by atoms with van der Waals surface area (Å²) in [6, 6.07) is 19.7. The second kappa shape index (κ2) is 10.8. The Kier molecular flexibility index (Phi) is 8.35. The van der Waals surface area contributed by atoms with Gasteiger partial charge >= 0.3 is 0 Å². The average Bonchev–Trinajstić information content (AvgIpc) is 3.27. The standard InChI is InChI=1S/C25H30Br2N2/c1-2-29(18-20-10-4-3-5-11-20)17-9-16-25(19-28,21-12-6-7-13-21)24-22(26)14-8-15-23(24)27/h3-5,8,10-11,14-15,21H,2,6-7,9,12-13,16-18H2,1H3. The van der Waals surface area contributed by atoms with Crippen LogP contribution in [0.15, 0.2) is 57.5 Å². The number of halogens is 2. The van der Waals surface area contributed by atoms with Gasteiger partial charge in [-0.05, 0) is 62.4 Å². The number of nitrogens with zero attached hydrogens (tertiary/aromatic N) is 2. The SMILES string of the molecule is CCN(CCCC(C#N)(c1c(Br)cccc1Br)C1CCCC1)Cc1ccccc1. The Bertz CT molecular complexity index is 804. The Labute approximate surface area is 192 Å². The van der Waals surface area contributed by atoms with Gasteiger partial charge < -0.3 is 0 Å². The van der Waals surface area contributed by atoms with Gasteiger partial charge in [0.25, 0.3) is 0 Å². The molecule has 1 atom stereocenters. The van der Waals surface area contributed by atoms with E-state index in [1.165, 1.54) is 18.4 Å². The molecule has 0 heterocycles. The summed E-state index contributed by atoms with van der Waals surface area (Å²) in [6.45, 7) is 5.24. The number of rotatable bonds is 9. The van der Waals surface area contributed by atoms with Crippen molar-refractivity contribution in [2.45, 2.75) is 57.4 Å². The van der Waals surface area contributed by atoms with Crippen LogP contribution in [0.5, 0.6) is 0 Å². The molecule has 0 aliphatic heterocycles. The molecule has 0 spiro atoms. The summed E-state index contributed by atoms with van der Waals surface area (Å²) in [5, 5.41) is 10.5. The van der Waals surface area contributed by atoms with E-state index in [1.54, 1.807) is 0 Å². The Morgan fingerprint density at radius 2 is 1.69 bits per heavy atom. The molecule has 29 heavy (non-hydrogen) atoms. The van der Waals surface area contributed by atoms with E-state index in [4.69, 9.17) is 0 Å². The molecule has 4 heteroatoms. The first-order valence-electron chi connectivity index (χ1n) is 10.7. The highest BCUT2D eigenvalue weighted by Crippen LogP contribution is 2.49. The maximum Gasteiger partial charge on any atom is 0.0872 e. The van der Waals surface area contributed by atoms with Crippen LogP contribution in [-0.4, -0.2) is 18.0 Å². The summed E-state index contributed by atoms with van der Waals surface area (Å²) >= 11 is 7.52. The van der Waals surface area contributed by atoms with Gasteiger partial charge in [0.1, 0.15) is 0 Å². The Hall–Kier alpha value is -1.15. The Balaban J connectivity index is 1.78. The minimum Gasteiger partial charge on any atom is -0.299 e. The first-order valence-corrected chi connectivity index (χ1v) is 12.3. The van der Waals surface area contributed by atoms with Gasteiger partial charge in [-0.2, -0.15) is 5.26 Å². The summed E-state index contributed by atoms with van der Waals surface area (Å²) in [6.07, 6.45) is 6.72. The molecule has 1 aliphatic rings. The van der Waals surface area contributed by atoms with Crippen LogP contribution in [0.25, 0.3) is 0 Å². The van der Waals surface area contributed by atoms with Gasteiger partial charge in [0.15, 0.2) is 0 Å². The van der Waals surface area contributed by atoms with Gasteiger partial charge in [0.05, 0.1) is 11.5 Å². The Morgan fingerprint density at radius 1 is 1.03 bits per heavy atom. The largest absolute Gasteiger partial charge is 0.299 e. The molecule has 1 fully saturated rings. The lowest BCUT2D eigenvalue weighted by Crippen LogP contribution is -2.35. The highest BCUT2D eigenvalue weighted by Gasteiger charge is 2.44. The number of benzene rings is 2. The van der Waals surface area contributed by atoms with Gasteiger partial charge in [0.2, 0.25) is 0 Å². The van der Waals surface area contributed by atoms with E-state index in [0.717, 1.165) is 59.8 Å². The average molecular weight is 518 g/mol. The summed E-state index contributed by atoms with van der Waals surface area (Å²) in [5.74, 6) is 0.437. The maximum atomic E-state index is 10.5. The molecule has 0 amide bonds. The second-order valence-electron chi connectivity index (χ2n) is 8.12. The molecular weight excluding hydrogens is 488 g/mol. The number of hydrogen-bond donors (Lipinski definition) is 0. The third-order valence-electron chi connectivity index (χ3n) is 6.40. The van der Waals surface area contributed by atoms with Crippen LogP contribution in [0.1, 0.15) is 56.6 Å². The van der Waals surface area contributed by atoms with Gasteiger partial charge in [-0.1, -0.05) is 88.0 Å². The minimum absolute atomic E-state index is 0.429. The summed E-state index contributed by atoms with van der Waals surface area (Å²) in [4.78, 5) is 2.49. The van der Waals surface area contributed by atoms with Crippen molar-refractivity contribution in [3.05, 3.63) is 68.6 Å². The molecule has 2 aromatic carbocycles. The van der Waals surface area contributed by atoms with E-state index >= 15 is 0 Å². The zero-order valence-electron chi connectivity index (χ0n) is 17.2. The maximum absolute atomic E-state index is 10.5. The van der Waals surface area contributed by atoms with Crippen molar-refractivity contribution in [1.29, 1.82) is 5.26 Å². The van der Waals surface area contributed by atoms with Crippen LogP contribution < -0.4 is 0 Å². The van der Waals surface area contributed by atoms with E-state index in [2.05, 4.69) is 92.2 Å². The molecule has 2 aromatic rings. The van der Waals surface area contributed by atoms with E-state index in [-0.39, 0.29) is 0 Å². The lowest BCUT2D eigenvalue weighted by atomic mass is 9.67. The monoisotopic (exact) mass is 516 g/mol. The third kappa shape index (κ3) is 5.32. The molecule has 1 unspecified atom stereocenters. The lowest BCUT2D eigenvalue weighted by Gasteiger charge is -2.35. The van der Waals surface area contributed by atoms with Crippen LogP contribution in [0.4, 0.5) is 0 Å². The minimum atomic E-state index is -0.429. The smallest absolute Gasteiger partial charge is 0.0872 e. The van der Waals surface area contributed by atoms with Crippen molar-refractivity contribution < 1.29 is 0 Å². The summed E-state index contributed by atoms with van der Waals surface area (Å²) in [5.41, 5.74) is 2.08. The van der Waals surface area contributed by atoms with Crippen LogP contribution in [0.3, 0.4) is 0 Å². The van der Waals surface area contributed by atoms with Gasteiger partial charge in [-0.25, -0.2) is 0 Å². The highest BCUT2D eigenvalue weighted by molar-refractivity contribution is 9.11. The molecule has 1 saturated carbocycles. The lowest BCUT2D eigenvalue weighted by molar-refractivity contribution is 0.247. The van der Waals surface area contributed by atoms with Gasteiger partial charge in [-0.15, -0.1) is 0 Å². The van der Waals surface area contributed by atoms with Crippen molar-refractivity contribution in [2.75, 3.05) is 13.1 Å². The van der Waals surface area contributed by atoms with Crippen molar-refractivity contribution >= 4 is 31.9 Å². The molecule has 0 bridgehead atoms. The summed E-state index contributed by atoms with van der Waals surface area (Å²) < 4.78 is 2.11. The molecule has 0 aromatic heterocycles. The van der Waals surface area contributed by atoms with Crippen LogP contribution in [0.2, 0.25) is 0 Å². The van der Waals surface area contributed by atoms with E-state index in [9.17, 15) is 5.26 Å². The third-order valence-corrected chi connectivity index (χ3v) is 7.72. The normalized spacial score (nSPS) is 16.7. The molecule has 2 nitrogen and oxygen atoms in total. The quantitative estimate of drug-likeness (QED) is 0.345. The highest BCUT2D eigenvalue weighted by atomic mass is 79.9. The molecule has 0 radical (unpaired) electrons. The van der Waals surface area contributed by atoms with Crippen molar-refractivity contribution in [1.82, 2.24) is 4.90 Å². The van der Waals surface area contributed by atoms with Crippen molar-refractivity contribution in [3.63, 3.8) is 0 Å². The fourth-order valence-corrected chi connectivity index (χ4v) is 6.56. The Morgan fingerprint density at radius 3 is 2.28 bits per heavy atom. The molecular formula is C25H30Br2N2. The van der Waals surface area contributed by atoms with Crippen LogP contribution in [-0.2, 0) is 12.0 Å². The molecule has 1 aliphatic carbocycles. The van der Waals surface area contributed by atoms with E-state index in [1.807, 2.05) is 6.07 Å². The van der Waals surface area contributed by atoms with Gasteiger partial charge in [0, 0.05) is 21.1 Å². The number of hydrogen-bond acceptors (Lipinski definition) is 2. The topological polar surface area (TPSA) is 27.0 Å². The van der Waals surface area contributed by atoms with E-state index in [0.29, 0.717) is 5.92 Å². The van der Waals surface area contributed by atoms with Crippen LogP contribution >= 0.6 is 31.9 Å². The summed E-state index contributed by atoms with van der Waals surface area (Å²) in [7, 11) is 0. The predicted octanol–water partition coefficient (Wildman–Crippen LogP) is 7.47. The fourth-order valence-electron chi connectivity index (χ4n) is 4.85. The first kappa shape index (κ1) is 22.5. The molecule has 0 saturated heterocycles. The van der Waals surface area contributed by atoms with Crippen molar-refractivity contribution in [3.8, 4) is 6.07 Å². The predicted molar refractivity (Wildman–Crippen MR) is 128 cm³/mol. The van der Waals surface area contributed by atoms with Crippen molar-refractivity contribution in [2.24, 2.45) is 5.92 Å². The number of nitriles is 1. The van der Waals surface area contributed by atoms with Gasteiger partial charge in [-0.3, -0.25) is 4.90 Å². The second-order valence-corrected chi connectivity index (χ2v) is 9.83. The molecule has 0 N–H and O–H groups in total. The van der Waals surface area contributed by atoms with Crippen LogP contribution in [0, 0.1) is 17.2 Å². The first-order chi connectivity index (χ1) is 14.1. The fraction of sp³-hybridized carbons (Fsp3) is 0.480. The zero-order valence-corrected chi connectivity index (χ0v) is 20.4. The molecule has 3 rings (SSSR count). The zero-order chi connectivity index (χ0) is 20.7.